The van der Waals surface area contributed by atoms with Crippen LogP contribution in [0.1, 0.15) is 24.4 Å². The summed E-state index contributed by atoms with van der Waals surface area (Å²) in [5.74, 6) is -1.43. The van der Waals surface area contributed by atoms with E-state index in [1.807, 2.05) is 0 Å². The van der Waals surface area contributed by atoms with E-state index in [1.54, 1.807) is 13.8 Å². The highest BCUT2D eigenvalue weighted by Crippen LogP contribution is 2.18. The first-order chi connectivity index (χ1) is 7.33. The zero-order chi connectivity index (χ0) is 12.3. The lowest BCUT2D eigenvalue weighted by Gasteiger charge is -2.20. The molecule has 0 saturated carbocycles. The molecule has 6 heteroatoms. The molecule has 0 aromatic carbocycles. The number of aromatic carboxylic acids is 1. The van der Waals surface area contributed by atoms with Gasteiger partial charge in [-0.2, -0.15) is 0 Å². The molecular formula is C10H14N2O4. The molecule has 1 amide bonds. The molecule has 0 aliphatic carbocycles. The topological polar surface area (TPSA) is 106 Å². The number of nitrogens with two attached hydrogens (primary N) is 1. The highest BCUT2D eigenvalue weighted by molar-refractivity contribution is 5.85. The lowest BCUT2D eigenvalue weighted by atomic mass is 9.93. The highest BCUT2D eigenvalue weighted by Gasteiger charge is 2.25. The van der Waals surface area contributed by atoms with Gasteiger partial charge >= 0.3 is 5.97 Å². The van der Waals surface area contributed by atoms with Crippen molar-refractivity contribution in [1.29, 1.82) is 0 Å². The largest absolute Gasteiger partial charge is 0.475 e. The van der Waals surface area contributed by atoms with Crippen LogP contribution >= 0.6 is 0 Å². The molecule has 0 aliphatic rings. The van der Waals surface area contributed by atoms with Gasteiger partial charge in [0.2, 0.25) is 11.7 Å². The normalized spacial score (nSPS) is 11.1. The average molecular weight is 226 g/mol. The van der Waals surface area contributed by atoms with Gasteiger partial charge in [-0.1, -0.05) is 0 Å². The van der Waals surface area contributed by atoms with E-state index in [1.165, 1.54) is 12.1 Å². The van der Waals surface area contributed by atoms with Crippen LogP contribution in [0.2, 0.25) is 0 Å². The van der Waals surface area contributed by atoms with Gasteiger partial charge in [0.15, 0.2) is 5.88 Å². The van der Waals surface area contributed by atoms with Crippen molar-refractivity contribution < 1.29 is 19.1 Å². The Morgan fingerprint density at radius 1 is 1.50 bits per heavy atom. The molecule has 4 N–H and O–H groups in total. The molecule has 0 fully saturated rings. The van der Waals surface area contributed by atoms with Crippen molar-refractivity contribution >= 4 is 17.8 Å². The second-order valence-corrected chi connectivity index (χ2v) is 4.07. The Balaban J connectivity index is 2.61. The third kappa shape index (κ3) is 2.75. The SMILES string of the molecule is CC(C)(CNc1ccc(C(=O)O)o1)C(N)=O. The number of amides is 1. The second kappa shape index (κ2) is 4.26. The summed E-state index contributed by atoms with van der Waals surface area (Å²) in [4.78, 5) is 21.5. The third-order valence-electron chi connectivity index (χ3n) is 2.19. The number of carbonyl (C=O) groups is 2. The Morgan fingerprint density at radius 3 is 2.56 bits per heavy atom. The Morgan fingerprint density at radius 2 is 2.12 bits per heavy atom. The van der Waals surface area contributed by atoms with Gasteiger partial charge in [0, 0.05) is 12.6 Å². The van der Waals surface area contributed by atoms with Gasteiger partial charge in [0.1, 0.15) is 0 Å². The molecule has 0 aliphatic heterocycles. The smallest absolute Gasteiger partial charge is 0.371 e. The molecule has 0 unspecified atom stereocenters. The number of carboxylic acids is 1. The Bertz CT molecular complexity index is 409. The molecule has 0 atom stereocenters. The van der Waals surface area contributed by atoms with Gasteiger partial charge in [0.05, 0.1) is 5.41 Å². The van der Waals surface area contributed by atoms with Gasteiger partial charge in [-0.3, -0.25) is 4.79 Å². The molecule has 0 radical (unpaired) electrons. The van der Waals surface area contributed by atoms with Crippen LogP contribution in [0, 0.1) is 5.41 Å². The van der Waals surface area contributed by atoms with E-state index in [0.717, 1.165) is 0 Å². The minimum atomic E-state index is -1.14. The standard InChI is InChI=1S/C10H14N2O4/c1-10(2,9(11)15)5-12-7-4-3-6(16-7)8(13)14/h3-4,12H,5H2,1-2H3,(H2,11,15)(H,13,14). The summed E-state index contributed by atoms with van der Waals surface area (Å²) < 4.78 is 4.96. The minimum Gasteiger partial charge on any atom is -0.475 e. The molecule has 1 heterocycles. The van der Waals surface area contributed by atoms with Crippen LogP contribution in [0.3, 0.4) is 0 Å². The van der Waals surface area contributed by atoms with E-state index >= 15 is 0 Å². The van der Waals surface area contributed by atoms with E-state index < -0.39 is 17.3 Å². The van der Waals surface area contributed by atoms with Gasteiger partial charge in [-0.15, -0.1) is 0 Å². The van der Waals surface area contributed by atoms with Gasteiger partial charge in [-0.05, 0) is 19.9 Å². The number of anilines is 1. The number of rotatable bonds is 5. The van der Waals surface area contributed by atoms with E-state index in [9.17, 15) is 9.59 Å². The first kappa shape index (κ1) is 12.1. The minimum absolute atomic E-state index is 0.153. The van der Waals surface area contributed by atoms with Crippen molar-refractivity contribution in [2.45, 2.75) is 13.8 Å². The lowest BCUT2D eigenvalue weighted by Crippen LogP contribution is -2.37. The maximum absolute atomic E-state index is 11.0. The lowest BCUT2D eigenvalue weighted by molar-refractivity contribution is -0.125. The Hall–Kier alpha value is -1.98. The van der Waals surface area contributed by atoms with Crippen LogP contribution in [0.25, 0.3) is 0 Å². The van der Waals surface area contributed by atoms with Crippen LogP contribution < -0.4 is 11.1 Å². The second-order valence-electron chi connectivity index (χ2n) is 4.07. The maximum Gasteiger partial charge on any atom is 0.371 e. The summed E-state index contributed by atoms with van der Waals surface area (Å²) in [6.07, 6.45) is 0. The van der Waals surface area contributed by atoms with Gasteiger partial charge in [0.25, 0.3) is 0 Å². The van der Waals surface area contributed by atoms with E-state index in [-0.39, 0.29) is 12.3 Å². The monoisotopic (exact) mass is 226 g/mol. The molecule has 0 bridgehead atoms. The zero-order valence-corrected chi connectivity index (χ0v) is 9.11. The van der Waals surface area contributed by atoms with Crippen LogP contribution in [-0.2, 0) is 4.79 Å². The predicted octanol–water partition coefficient (Wildman–Crippen LogP) is 0.901. The van der Waals surface area contributed by atoms with Crippen LogP contribution in [0.5, 0.6) is 0 Å². The van der Waals surface area contributed by atoms with Crippen molar-refractivity contribution in [3.05, 3.63) is 17.9 Å². The molecule has 16 heavy (non-hydrogen) atoms. The van der Waals surface area contributed by atoms with Crippen LogP contribution in [0.15, 0.2) is 16.5 Å². The molecule has 0 spiro atoms. The van der Waals surface area contributed by atoms with Crippen molar-refractivity contribution in [3.8, 4) is 0 Å². The van der Waals surface area contributed by atoms with Gasteiger partial charge in [-0.25, -0.2) is 4.79 Å². The van der Waals surface area contributed by atoms with Crippen LogP contribution in [0.4, 0.5) is 5.88 Å². The predicted molar refractivity (Wildman–Crippen MR) is 57.1 cm³/mol. The van der Waals surface area contributed by atoms with Crippen molar-refractivity contribution in [3.63, 3.8) is 0 Å². The summed E-state index contributed by atoms with van der Waals surface area (Å²) in [6, 6.07) is 2.82. The number of hydrogen-bond acceptors (Lipinski definition) is 4. The van der Waals surface area contributed by atoms with Crippen LogP contribution in [-0.4, -0.2) is 23.5 Å². The number of carbonyl (C=O) groups excluding carboxylic acids is 1. The molecule has 1 aromatic rings. The summed E-state index contributed by atoms with van der Waals surface area (Å²) in [7, 11) is 0. The number of carboxylic acid groups (broad SMARTS) is 1. The number of furan rings is 1. The fourth-order valence-corrected chi connectivity index (χ4v) is 0.943. The van der Waals surface area contributed by atoms with Crippen molar-refractivity contribution in [2.24, 2.45) is 11.1 Å². The summed E-state index contributed by atoms with van der Waals surface area (Å²) in [5, 5.41) is 11.4. The molecular weight excluding hydrogens is 212 g/mol. The first-order valence-corrected chi connectivity index (χ1v) is 4.70. The van der Waals surface area contributed by atoms with Crippen molar-refractivity contribution in [2.75, 3.05) is 11.9 Å². The molecule has 1 rings (SSSR count). The van der Waals surface area contributed by atoms with Gasteiger partial charge < -0.3 is 20.6 Å². The molecule has 6 nitrogen and oxygen atoms in total. The number of nitrogens with one attached hydrogen (secondary N) is 1. The quantitative estimate of drug-likeness (QED) is 0.691. The van der Waals surface area contributed by atoms with Crippen molar-refractivity contribution in [1.82, 2.24) is 0 Å². The molecule has 0 saturated heterocycles. The summed E-state index contributed by atoms with van der Waals surface area (Å²) >= 11 is 0. The number of primary amides is 1. The fourth-order valence-electron chi connectivity index (χ4n) is 0.943. The first-order valence-electron chi connectivity index (χ1n) is 4.70. The summed E-state index contributed by atoms with van der Waals surface area (Å²) in [6.45, 7) is 3.64. The molecule has 88 valence electrons. The third-order valence-corrected chi connectivity index (χ3v) is 2.19. The maximum atomic E-state index is 11.0. The number of hydrogen-bond donors (Lipinski definition) is 3. The Labute approximate surface area is 92.4 Å². The zero-order valence-electron chi connectivity index (χ0n) is 9.11. The molecule has 1 aromatic heterocycles. The highest BCUT2D eigenvalue weighted by atomic mass is 16.4. The van der Waals surface area contributed by atoms with E-state index in [2.05, 4.69) is 5.32 Å². The average Bonchev–Trinajstić information content (AvgIpc) is 2.63. The fraction of sp³-hybridized carbons (Fsp3) is 0.400. The summed E-state index contributed by atoms with van der Waals surface area (Å²) in [5.41, 5.74) is 4.46. The Kier molecular flexibility index (Phi) is 3.22. The van der Waals surface area contributed by atoms with E-state index in [0.29, 0.717) is 5.88 Å². The van der Waals surface area contributed by atoms with E-state index in [4.69, 9.17) is 15.3 Å².